The molecule has 4 rings (SSSR count). The number of tetrazole rings is 1. The van der Waals surface area contributed by atoms with Crippen LogP contribution < -0.4 is 5.32 Å². The number of carbonyl (C=O) groups excluding carboxylic acids is 1. The first kappa shape index (κ1) is 18.5. The van der Waals surface area contributed by atoms with E-state index in [9.17, 15) is 4.79 Å². The van der Waals surface area contributed by atoms with Gasteiger partial charge in [0.1, 0.15) is 0 Å². The molecule has 0 radical (unpaired) electrons. The van der Waals surface area contributed by atoms with Gasteiger partial charge in [-0.2, -0.15) is 5.10 Å². The minimum absolute atomic E-state index is 0.201. The first-order valence-electron chi connectivity index (χ1n) is 9.25. The number of amides is 1. The average molecular weight is 387 g/mol. The van der Waals surface area contributed by atoms with E-state index in [1.807, 2.05) is 48.9 Å². The van der Waals surface area contributed by atoms with Gasteiger partial charge < -0.3 is 5.32 Å². The van der Waals surface area contributed by atoms with Crippen LogP contribution in [0.1, 0.15) is 27.3 Å². The monoisotopic (exact) mass is 387 g/mol. The van der Waals surface area contributed by atoms with Crippen LogP contribution in [0.2, 0.25) is 0 Å². The number of hydrogen-bond donors (Lipinski definition) is 1. The predicted molar refractivity (Wildman–Crippen MR) is 109 cm³/mol. The molecule has 0 bridgehead atoms. The van der Waals surface area contributed by atoms with Crippen LogP contribution in [0.15, 0.2) is 54.6 Å². The largest absolute Gasteiger partial charge is 0.319 e. The van der Waals surface area contributed by atoms with Gasteiger partial charge in [0.15, 0.2) is 5.82 Å². The van der Waals surface area contributed by atoms with Crippen molar-refractivity contribution in [1.29, 1.82) is 0 Å². The highest BCUT2D eigenvalue weighted by Crippen LogP contribution is 2.22. The molecule has 8 nitrogen and oxygen atoms in total. The Morgan fingerprint density at radius 3 is 2.59 bits per heavy atom. The normalized spacial score (nSPS) is 10.9. The van der Waals surface area contributed by atoms with Crippen molar-refractivity contribution >= 4 is 11.6 Å². The molecule has 0 aliphatic heterocycles. The molecule has 1 amide bonds. The number of anilines is 1. The van der Waals surface area contributed by atoms with Crippen molar-refractivity contribution in [2.75, 3.05) is 5.32 Å². The van der Waals surface area contributed by atoms with E-state index in [-0.39, 0.29) is 5.91 Å². The van der Waals surface area contributed by atoms with Gasteiger partial charge in [0.25, 0.3) is 5.91 Å². The summed E-state index contributed by atoms with van der Waals surface area (Å²) in [6.07, 6.45) is 0. The van der Waals surface area contributed by atoms with Gasteiger partial charge in [0, 0.05) is 18.2 Å². The van der Waals surface area contributed by atoms with Gasteiger partial charge in [-0.25, -0.2) is 4.68 Å². The third-order valence-electron chi connectivity index (χ3n) is 4.80. The van der Waals surface area contributed by atoms with E-state index in [1.165, 1.54) is 0 Å². The quantitative estimate of drug-likeness (QED) is 0.568. The van der Waals surface area contributed by atoms with Crippen LogP contribution in [0, 0.1) is 13.8 Å². The van der Waals surface area contributed by atoms with Crippen molar-refractivity contribution in [3.8, 4) is 11.4 Å². The van der Waals surface area contributed by atoms with Crippen LogP contribution in [0.25, 0.3) is 11.4 Å². The zero-order valence-electron chi connectivity index (χ0n) is 16.5. The number of rotatable bonds is 5. The molecule has 146 valence electrons. The first-order valence-corrected chi connectivity index (χ1v) is 9.25. The number of hydrogen-bond acceptors (Lipinski definition) is 5. The second kappa shape index (κ2) is 7.67. The van der Waals surface area contributed by atoms with E-state index in [1.54, 1.807) is 23.9 Å². The molecule has 2 heterocycles. The summed E-state index contributed by atoms with van der Waals surface area (Å²) in [4.78, 5) is 12.9. The van der Waals surface area contributed by atoms with Gasteiger partial charge in [-0.1, -0.05) is 42.5 Å². The van der Waals surface area contributed by atoms with Crippen molar-refractivity contribution in [2.24, 2.45) is 7.05 Å². The molecule has 0 unspecified atom stereocenters. The van der Waals surface area contributed by atoms with Crippen molar-refractivity contribution < 1.29 is 4.79 Å². The Bertz CT molecular complexity index is 1160. The van der Waals surface area contributed by atoms with E-state index < -0.39 is 0 Å². The standard InChI is InChI=1S/C21H21N7O/c1-14-19(15(2)28(24-14)13-16-8-5-4-6-9-16)22-21(29)18-11-7-10-17(12-18)20-23-25-26-27(20)3/h4-12H,13H2,1-3H3,(H,22,29). The lowest BCUT2D eigenvalue weighted by atomic mass is 10.1. The summed E-state index contributed by atoms with van der Waals surface area (Å²) >= 11 is 0. The smallest absolute Gasteiger partial charge is 0.255 e. The van der Waals surface area contributed by atoms with Crippen molar-refractivity contribution in [3.05, 3.63) is 77.1 Å². The zero-order chi connectivity index (χ0) is 20.4. The topological polar surface area (TPSA) is 90.5 Å². The highest BCUT2D eigenvalue weighted by Gasteiger charge is 2.16. The lowest BCUT2D eigenvalue weighted by Gasteiger charge is -2.08. The summed E-state index contributed by atoms with van der Waals surface area (Å²) in [5, 5.41) is 19.1. The van der Waals surface area contributed by atoms with Crippen LogP contribution >= 0.6 is 0 Å². The van der Waals surface area contributed by atoms with Gasteiger partial charge in [-0.15, -0.1) is 5.10 Å². The molecule has 0 fully saturated rings. The highest BCUT2D eigenvalue weighted by atomic mass is 16.1. The maximum absolute atomic E-state index is 12.9. The maximum Gasteiger partial charge on any atom is 0.255 e. The number of aromatic nitrogens is 6. The van der Waals surface area contributed by atoms with E-state index >= 15 is 0 Å². The van der Waals surface area contributed by atoms with Crippen LogP contribution in [-0.4, -0.2) is 35.9 Å². The van der Waals surface area contributed by atoms with Crippen LogP contribution in [0.5, 0.6) is 0 Å². The van der Waals surface area contributed by atoms with Gasteiger partial charge in [-0.05, 0) is 42.0 Å². The Hall–Kier alpha value is -3.81. The van der Waals surface area contributed by atoms with E-state index in [0.29, 0.717) is 17.9 Å². The molecule has 2 aromatic carbocycles. The molecule has 0 aliphatic carbocycles. The molecule has 8 heteroatoms. The van der Waals surface area contributed by atoms with Crippen molar-refractivity contribution in [1.82, 2.24) is 30.0 Å². The highest BCUT2D eigenvalue weighted by molar-refractivity contribution is 6.05. The molecule has 0 atom stereocenters. The zero-order valence-corrected chi connectivity index (χ0v) is 16.5. The third kappa shape index (κ3) is 3.77. The van der Waals surface area contributed by atoms with Crippen LogP contribution in [0.3, 0.4) is 0 Å². The average Bonchev–Trinajstić information content (AvgIpc) is 3.27. The summed E-state index contributed by atoms with van der Waals surface area (Å²) < 4.78 is 3.47. The van der Waals surface area contributed by atoms with Gasteiger partial charge in [-0.3, -0.25) is 9.48 Å². The second-order valence-electron chi connectivity index (χ2n) is 6.85. The Morgan fingerprint density at radius 1 is 1.07 bits per heavy atom. The molecule has 1 N–H and O–H groups in total. The van der Waals surface area contributed by atoms with Crippen molar-refractivity contribution in [3.63, 3.8) is 0 Å². The molecule has 0 aliphatic rings. The lowest BCUT2D eigenvalue weighted by molar-refractivity contribution is 0.102. The number of nitrogens with one attached hydrogen (secondary N) is 1. The van der Waals surface area contributed by atoms with E-state index in [0.717, 1.165) is 28.2 Å². The molecule has 2 aromatic heterocycles. The van der Waals surface area contributed by atoms with Crippen LogP contribution in [0.4, 0.5) is 5.69 Å². The Labute approximate surface area is 168 Å². The van der Waals surface area contributed by atoms with Gasteiger partial charge >= 0.3 is 0 Å². The number of nitrogens with zero attached hydrogens (tertiary/aromatic N) is 6. The molecular weight excluding hydrogens is 366 g/mol. The second-order valence-corrected chi connectivity index (χ2v) is 6.85. The summed E-state index contributed by atoms with van der Waals surface area (Å²) in [6, 6.07) is 17.3. The predicted octanol–water partition coefficient (Wildman–Crippen LogP) is 2.99. The van der Waals surface area contributed by atoms with Gasteiger partial charge in [0.05, 0.1) is 23.6 Å². The lowest BCUT2D eigenvalue weighted by Crippen LogP contribution is -2.13. The Balaban J connectivity index is 1.57. The summed E-state index contributed by atoms with van der Waals surface area (Å²) in [5.74, 6) is 0.398. The Morgan fingerprint density at radius 2 is 1.86 bits per heavy atom. The number of carbonyl (C=O) groups is 1. The summed E-state index contributed by atoms with van der Waals surface area (Å²) in [5.41, 5.74) is 4.88. The molecule has 0 saturated carbocycles. The maximum atomic E-state index is 12.9. The summed E-state index contributed by atoms with van der Waals surface area (Å²) in [6.45, 7) is 4.50. The van der Waals surface area contributed by atoms with Gasteiger partial charge in [0.2, 0.25) is 0 Å². The SMILES string of the molecule is Cc1nn(Cc2ccccc2)c(C)c1NC(=O)c1cccc(-c2nnnn2C)c1. The summed E-state index contributed by atoms with van der Waals surface area (Å²) in [7, 11) is 1.76. The molecule has 4 aromatic rings. The third-order valence-corrected chi connectivity index (χ3v) is 4.80. The molecule has 0 spiro atoms. The van der Waals surface area contributed by atoms with E-state index in [4.69, 9.17) is 0 Å². The molecule has 0 saturated heterocycles. The number of benzene rings is 2. The molecule has 29 heavy (non-hydrogen) atoms. The first-order chi connectivity index (χ1) is 14.0. The fourth-order valence-electron chi connectivity index (χ4n) is 3.25. The number of aryl methyl sites for hydroxylation is 2. The van der Waals surface area contributed by atoms with E-state index in [2.05, 4.69) is 38.1 Å². The Kier molecular flexibility index (Phi) is 4.90. The minimum atomic E-state index is -0.201. The van der Waals surface area contributed by atoms with Crippen LogP contribution in [-0.2, 0) is 13.6 Å². The van der Waals surface area contributed by atoms with Crippen molar-refractivity contribution in [2.45, 2.75) is 20.4 Å². The fourth-order valence-corrected chi connectivity index (χ4v) is 3.25. The minimum Gasteiger partial charge on any atom is -0.319 e. The fraction of sp³-hybridized carbons (Fsp3) is 0.190. The molecular formula is C21H21N7O.